The van der Waals surface area contributed by atoms with Gasteiger partial charge in [0.1, 0.15) is 28.1 Å². The highest BCUT2D eigenvalue weighted by molar-refractivity contribution is 7.14. The molecular formula is C22H17ClFN5OS. The van der Waals surface area contributed by atoms with Crippen molar-refractivity contribution in [2.24, 2.45) is 0 Å². The number of carbonyl (C=O) groups excluding carboxylic acids is 1. The van der Waals surface area contributed by atoms with Crippen molar-refractivity contribution in [3.8, 4) is 11.3 Å². The topological polar surface area (TPSA) is 62.2 Å². The predicted octanol–water partition coefficient (Wildman–Crippen LogP) is 4.51. The molecule has 0 spiro atoms. The molecule has 3 heterocycles. The van der Waals surface area contributed by atoms with Gasteiger partial charge in [0, 0.05) is 36.8 Å². The van der Waals surface area contributed by atoms with Gasteiger partial charge >= 0.3 is 0 Å². The van der Waals surface area contributed by atoms with Crippen LogP contribution in [0.1, 0.15) is 10.4 Å². The normalized spacial score (nSPS) is 14.3. The molecule has 1 aliphatic rings. The lowest BCUT2D eigenvalue weighted by Gasteiger charge is -2.35. The standard InChI is InChI=1S/C22H17ClFN5OS/c23-15-7-5-14(6-8-15)18-19-20(31-27-18)21(26-13-25-19)28-9-11-29(12-10-28)22(30)16-3-1-2-4-17(16)24/h1-8,13H,9-12H2. The highest BCUT2D eigenvalue weighted by Gasteiger charge is 2.26. The van der Waals surface area contributed by atoms with E-state index in [4.69, 9.17) is 11.6 Å². The van der Waals surface area contributed by atoms with Crippen LogP contribution in [0.2, 0.25) is 5.02 Å². The zero-order valence-corrected chi connectivity index (χ0v) is 17.9. The van der Waals surface area contributed by atoms with Crippen LogP contribution in [-0.2, 0) is 0 Å². The number of piperazine rings is 1. The Labute approximate surface area is 187 Å². The first-order valence-electron chi connectivity index (χ1n) is 9.77. The molecule has 31 heavy (non-hydrogen) atoms. The second kappa shape index (κ2) is 8.20. The third-order valence-electron chi connectivity index (χ3n) is 5.33. The smallest absolute Gasteiger partial charge is 0.256 e. The lowest BCUT2D eigenvalue weighted by atomic mass is 10.1. The highest BCUT2D eigenvalue weighted by Crippen LogP contribution is 2.34. The lowest BCUT2D eigenvalue weighted by Crippen LogP contribution is -2.49. The molecule has 0 saturated carbocycles. The fourth-order valence-electron chi connectivity index (χ4n) is 3.70. The predicted molar refractivity (Wildman–Crippen MR) is 120 cm³/mol. The van der Waals surface area contributed by atoms with E-state index in [9.17, 15) is 9.18 Å². The number of anilines is 1. The molecule has 9 heteroatoms. The maximum absolute atomic E-state index is 14.0. The summed E-state index contributed by atoms with van der Waals surface area (Å²) in [6.45, 7) is 2.17. The summed E-state index contributed by atoms with van der Waals surface area (Å²) in [5, 5.41) is 0.668. The Morgan fingerprint density at radius 1 is 1.00 bits per heavy atom. The van der Waals surface area contributed by atoms with Crippen LogP contribution < -0.4 is 4.90 Å². The van der Waals surface area contributed by atoms with Gasteiger partial charge in [-0.2, -0.15) is 4.37 Å². The molecule has 1 fully saturated rings. The molecule has 5 rings (SSSR count). The number of amides is 1. The van der Waals surface area contributed by atoms with Crippen LogP contribution in [0.25, 0.3) is 21.5 Å². The van der Waals surface area contributed by atoms with E-state index in [1.807, 2.05) is 24.3 Å². The number of benzene rings is 2. The van der Waals surface area contributed by atoms with Crippen molar-refractivity contribution in [2.75, 3.05) is 31.1 Å². The van der Waals surface area contributed by atoms with Crippen molar-refractivity contribution in [2.45, 2.75) is 0 Å². The van der Waals surface area contributed by atoms with E-state index in [-0.39, 0.29) is 11.5 Å². The van der Waals surface area contributed by atoms with Crippen LogP contribution in [0.5, 0.6) is 0 Å². The molecule has 156 valence electrons. The van der Waals surface area contributed by atoms with Crippen molar-refractivity contribution in [1.82, 2.24) is 19.2 Å². The zero-order valence-electron chi connectivity index (χ0n) is 16.3. The van der Waals surface area contributed by atoms with Gasteiger partial charge in [0.05, 0.1) is 5.56 Å². The average Bonchev–Trinajstić information content (AvgIpc) is 3.24. The van der Waals surface area contributed by atoms with E-state index in [1.165, 1.54) is 23.7 Å². The molecule has 4 aromatic rings. The van der Waals surface area contributed by atoms with Crippen LogP contribution in [0.3, 0.4) is 0 Å². The van der Waals surface area contributed by atoms with Crippen LogP contribution in [0.4, 0.5) is 10.2 Å². The minimum Gasteiger partial charge on any atom is -0.352 e. The average molecular weight is 454 g/mol. The van der Waals surface area contributed by atoms with Crippen molar-refractivity contribution < 1.29 is 9.18 Å². The van der Waals surface area contributed by atoms with E-state index < -0.39 is 5.82 Å². The van der Waals surface area contributed by atoms with Gasteiger partial charge in [-0.1, -0.05) is 35.9 Å². The first-order chi connectivity index (χ1) is 15.1. The van der Waals surface area contributed by atoms with Gasteiger partial charge in [-0.05, 0) is 35.8 Å². The van der Waals surface area contributed by atoms with Crippen LogP contribution in [0, 0.1) is 5.82 Å². The second-order valence-corrected chi connectivity index (χ2v) is 8.38. The summed E-state index contributed by atoms with van der Waals surface area (Å²) in [6, 6.07) is 13.6. The third-order valence-corrected chi connectivity index (χ3v) is 6.41. The van der Waals surface area contributed by atoms with Crippen molar-refractivity contribution in [3.63, 3.8) is 0 Å². The number of hydrogen-bond donors (Lipinski definition) is 0. The molecule has 0 aliphatic carbocycles. The van der Waals surface area contributed by atoms with Crippen LogP contribution >= 0.6 is 23.1 Å². The number of carbonyl (C=O) groups is 1. The van der Waals surface area contributed by atoms with Crippen molar-refractivity contribution in [1.29, 1.82) is 0 Å². The van der Waals surface area contributed by atoms with Gasteiger partial charge in [0.25, 0.3) is 5.91 Å². The summed E-state index contributed by atoms with van der Waals surface area (Å²) in [4.78, 5) is 25.4. The monoisotopic (exact) mass is 453 g/mol. The van der Waals surface area contributed by atoms with Gasteiger partial charge in [0.2, 0.25) is 0 Å². The second-order valence-electron chi connectivity index (χ2n) is 7.17. The fourth-order valence-corrected chi connectivity index (χ4v) is 4.70. The molecule has 0 unspecified atom stereocenters. The Morgan fingerprint density at radius 2 is 1.74 bits per heavy atom. The van der Waals surface area contributed by atoms with E-state index in [1.54, 1.807) is 23.4 Å². The maximum atomic E-state index is 14.0. The third kappa shape index (κ3) is 3.73. The molecule has 1 aliphatic heterocycles. The summed E-state index contributed by atoms with van der Waals surface area (Å²) in [6.07, 6.45) is 1.54. The Hall–Kier alpha value is -3.10. The fraction of sp³-hybridized carbons (Fsp3) is 0.182. The molecule has 6 nitrogen and oxygen atoms in total. The number of nitrogens with zero attached hydrogens (tertiary/aromatic N) is 5. The van der Waals surface area contributed by atoms with Crippen LogP contribution in [0.15, 0.2) is 54.9 Å². The first-order valence-corrected chi connectivity index (χ1v) is 10.9. The van der Waals surface area contributed by atoms with E-state index in [2.05, 4.69) is 19.2 Å². The number of hydrogen-bond acceptors (Lipinski definition) is 6. The summed E-state index contributed by atoms with van der Waals surface area (Å²) < 4.78 is 19.5. The summed E-state index contributed by atoms with van der Waals surface area (Å²) in [5.41, 5.74) is 2.65. The minimum absolute atomic E-state index is 0.107. The van der Waals surface area contributed by atoms with Gasteiger partial charge in [-0.15, -0.1) is 0 Å². The lowest BCUT2D eigenvalue weighted by molar-refractivity contribution is 0.0742. The first kappa shape index (κ1) is 19.8. The molecule has 0 bridgehead atoms. The number of rotatable bonds is 3. The molecule has 2 aromatic carbocycles. The largest absolute Gasteiger partial charge is 0.352 e. The van der Waals surface area contributed by atoms with Gasteiger partial charge in [-0.3, -0.25) is 4.79 Å². The summed E-state index contributed by atoms with van der Waals surface area (Å²) in [5.74, 6) is 0.0286. The van der Waals surface area contributed by atoms with E-state index >= 15 is 0 Å². The molecule has 0 N–H and O–H groups in total. The number of fused-ring (bicyclic) bond motifs is 1. The summed E-state index contributed by atoms with van der Waals surface area (Å²) in [7, 11) is 0. The molecule has 2 aromatic heterocycles. The number of halogens is 2. The molecule has 1 saturated heterocycles. The molecular weight excluding hydrogens is 437 g/mol. The number of aromatic nitrogens is 3. The molecule has 1 amide bonds. The molecule has 0 atom stereocenters. The molecule has 0 radical (unpaired) electrons. The van der Waals surface area contributed by atoms with Gasteiger partial charge < -0.3 is 9.80 Å². The van der Waals surface area contributed by atoms with E-state index in [0.717, 1.165) is 27.3 Å². The maximum Gasteiger partial charge on any atom is 0.256 e. The van der Waals surface area contributed by atoms with E-state index in [0.29, 0.717) is 31.2 Å². The van der Waals surface area contributed by atoms with Gasteiger partial charge in [-0.25, -0.2) is 14.4 Å². The Balaban J connectivity index is 1.37. The van der Waals surface area contributed by atoms with Gasteiger partial charge in [0.15, 0.2) is 5.82 Å². The van der Waals surface area contributed by atoms with Crippen LogP contribution in [-0.4, -0.2) is 51.3 Å². The van der Waals surface area contributed by atoms with Crippen molar-refractivity contribution >= 4 is 45.1 Å². The minimum atomic E-state index is -0.494. The zero-order chi connectivity index (χ0) is 21.4. The SMILES string of the molecule is O=C(c1ccccc1F)N1CCN(c2ncnc3c(-c4ccc(Cl)cc4)nsc23)CC1. The quantitative estimate of drug-likeness (QED) is 0.456. The Kier molecular flexibility index (Phi) is 5.25. The highest BCUT2D eigenvalue weighted by atomic mass is 35.5. The van der Waals surface area contributed by atoms with Crippen molar-refractivity contribution in [3.05, 3.63) is 71.3 Å². The Bertz CT molecular complexity index is 1250. The Morgan fingerprint density at radius 3 is 2.48 bits per heavy atom. The summed E-state index contributed by atoms with van der Waals surface area (Å²) >= 11 is 7.36.